The van der Waals surface area contributed by atoms with Gasteiger partial charge in [-0.05, 0) is 31.9 Å². The molecule has 0 spiro atoms. The third-order valence-electron chi connectivity index (χ3n) is 3.10. The highest BCUT2D eigenvalue weighted by atomic mass is 35.5. The molecule has 0 heterocycles. The van der Waals surface area contributed by atoms with Crippen LogP contribution in [0.3, 0.4) is 0 Å². The topological polar surface area (TPSA) is 61.4 Å². The monoisotopic (exact) mass is 306 g/mol. The van der Waals surface area contributed by atoms with E-state index in [4.69, 9.17) is 16.7 Å². The molecule has 1 unspecified atom stereocenters. The number of nitrogens with one attached hydrogen (secondary N) is 2. The summed E-state index contributed by atoms with van der Waals surface area (Å²) >= 11 is 5.49. The predicted octanol–water partition coefficient (Wildman–Crippen LogP) is 3.29. The number of hydrogen-bond acceptors (Lipinski definition) is 2. The molecule has 0 aromatic heterocycles. The van der Waals surface area contributed by atoms with Gasteiger partial charge in [-0.25, -0.2) is 13.6 Å². The van der Waals surface area contributed by atoms with Crippen molar-refractivity contribution in [3.8, 4) is 0 Å². The molecule has 1 rings (SSSR count). The Balaban J connectivity index is 2.81. The Bertz CT molecular complexity index is 476. The lowest BCUT2D eigenvalue weighted by Crippen LogP contribution is -2.48. The molecule has 1 aromatic carbocycles. The zero-order chi connectivity index (χ0) is 15.3. The molecule has 1 aromatic rings. The highest BCUT2D eigenvalue weighted by Gasteiger charge is 2.24. The van der Waals surface area contributed by atoms with E-state index in [1.165, 1.54) is 0 Å². The van der Waals surface area contributed by atoms with Gasteiger partial charge < -0.3 is 15.7 Å². The average molecular weight is 307 g/mol. The minimum Gasteiger partial charge on any atom is -0.396 e. The smallest absolute Gasteiger partial charge is 0.319 e. The molecule has 0 aliphatic heterocycles. The molecular weight excluding hydrogens is 290 g/mol. The van der Waals surface area contributed by atoms with Gasteiger partial charge in [0, 0.05) is 17.2 Å². The molecule has 0 aliphatic rings. The van der Waals surface area contributed by atoms with Crippen LogP contribution in [0.25, 0.3) is 0 Å². The van der Waals surface area contributed by atoms with Gasteiger partial charge >= 0.3 is 6.03 Å². The van der Waals surface area contributed by atoms with Crippen LogP contribution in [0.5, 0.6) is 0 Å². The summed E-state index contributed by atoms with van der Waals surface area (Å²) < 4.78 is 27.1. The number of aliphatic hydroxyl groups is 1. The van der Waals surface area contributed by atoms with Crippen molar-refractivity contribution >= 4 is 23.3 Å². The molecule has 0 radical (unpaired) electrons. The third-order valence-corrected chi connectivity index (χ3v) is 3.32. The van der Waals surface area contributed by atoms with E-state index in [0.29, 0.717) is 12.8 Å². The van der Waals surface area contributed by atoms with Gasteiger partial charge in [0.1, 0.15) is 5.69 Å². The molecule has 4 nitrogen and oxygen atoms in total. The quantitative estimate of drug-likeness (QED) is 0.781. The maximum atomic E-state index is 13.5. The van der Waals surface area contributed by atoms with E-state index >= 15 is 0 Å². The fourth-order valence-electron chi connectivity index (χ4n) is 1.65. The van der Waals surface area contributed by atoms with Crippen LogP contribution in [0, 0.1) is 11.6 Å². The van der Waals surface area contributed by atoms with Crippen LogP contribution in [0.4, 0.5) is 19.3 Å². The van der Waals surface area contributed by atoms with Crippen LogP contribution >= 0.6 is 11.6 Å². The van der Waals surface area contributed by atoms with Gasteiger partial charge in [0.05, 0.1) is 0 Å². The molecule has 2 amide bonds. The predicted molar refractivity (Wildman–Crippen MR) is 73.9 cm³/mol. The lowest BCUT2D eigenvalue weighted by Gasteiger charge is -2.29. The number of amides is 2. The number of carbonyl (C=O) groups is 1. The maximum Gasteiger partial charge on any atom is 0.319 e. The summed E-state index contributed by atoms with van der Waals surface area (Å²) in [5, 5.41) is 13.6. The Labute approximate surface area is 121 Å². The Morgan fingerprint density at radius 3 is 2.40 bits per heavy atom. The van der Waals surface area contributed by atoms with Crippen molar-refractivity contribution in [1.29, 1.82) is 0 Å². The molecule has 0 bridgehead atoms. The zero-order valence-electron chi connectivity index (χ0n) is 11.3. The minimum absolute atomic E-state index is 0.0929. The molecule has 3 N–H and O–H groups in total. The van der Waals surface area contributed by atoms with E-state index in [-0.39, 0.29) is 11.6 Å². The minimum atomic E-state index is -0.953. The number of urea groups is 1. The molecule has 0 saturated carbocycles. The molecule has 0 fully saturated rings. The van der Waals surface area contributed by atoms with E-state index in [0.717, 1.165) is 12.1 Å². The van der Waals surface area contributed by atoms with E-state index in [2.05, 4.69) is 10.6 Å². The first-order valence-electron chi connectivity index (χ1n) is 6.16. The summed E-state index contributed by atoms with van der Waals surface area (Å²) in [6.45, 7) is 3.46. The van der Waals surface area contributed by atoms with Gasteiger partial charge in [0.15, 0.2) is 11.6 Å². The molecular formula is C13H17ClF2N2O2. The number of halogens is 3. The second-order valence-corrected chi connectivity index (χ2v) is 5.15. The van der Waals surface area contributed by atoms with Crippen LogP contribution in [0.15, 0.2) is 12.1 Å². The van der Waals surface area contributed by atoms with E-state index < -0.39 is 28.9 Å². The van der Waals surface area contributed by atoms with Crippen molar-refractivity contribution in [2.75, 3.05) is 11.9 Å². The van der Waals surface area contributed by atoms with Crippen molar-refractivity contribution in [1.82, 2.24) is 5.32 Å². The Hall–Kier alpha value is -1.40. The van der Waals surface area contributed by atoms with Gasteiger partial charge in [0.2, 0.25) is 0 Å². The van der Waals surface area contributed by atoms with Crippen molar-refractivity contribution in [2.24, 2.45) is 0 Å². The van der Waals surface area contributed by atoms with Crippen molar-refractivity contribution in [2.45, 2.75) is 32.2 Å². The number of hydrogen-bond donors (Lipinski definition) is 3. The number of benzene rings is 1. The number of anilines is 1. The number of rotatable bonds is 5. The Morgan fingerprint density at radius 1 is 1.40 bits per heavy atom. The fourth-order valence-corrected chi connectivity index (χ4v) is 1.85. The lowest BCUT2D eigenvalue weighted by molar-refractivity contribution is 0.208. The van der Waals surface area contributed by atoms with Crippen LogP contribution in [-0.2, 0) is 0 Å². The Morgan fingerprint density at radius 2 is 1.95 bits per heavy atom. The number of carbonyl (C=O) groups excluding carboxylic acids is 1. The standard InChI is InChI=1S/C13H17ClF2N2O2/c1-3-13(2,4-5-19)18-12(20)17-11-9(15)6-8(14)7-10(11)16/h6-7,19H,3-5H2,1-2H3,(H2,17,18,20). The van der Waals surface area contributed by atoms with Crippen LogP contribution in [0.1, 0.15) is 26.7 Å². The molecule has 112 valence electrons. The SMILES string of the molecule is CCC(C)(CCO)NC(=O)Nc1c(F)cc(Cl)cc1F. The number of aliphatic hydroxyl groups excluding tert-OH is 1. The molecule has 20 heavy (non-hydrogen) atoms. The summed E-state index contributed by atoms with van der Waals surface area (Å²) in [5.41, 5.74) is -1.22. The van der Waals surface area contributed by atoms with Gasteiger partial charge in [-0.3, -0.25) is 0 Å². The van der Waals surface area contributed by atoms with Gasteiger partial charge in [-0.1, -0.05) is 18.5 Å². The van der Waals surface area contributed by atoms with Gasteiger partial charge in [0.25, 0.3) is 0 Å². The summed E-state index contributed by atoms with van der Waals surface area (Å²) in [5.74, 6) is -1.91. The van der Waals surface area contributed by atoms with Crippen LogP contribution < -0.4 is 10.6 Å². The molecule has 7 heteroatoms. The third kappa shape index (κ3) is 4.31. The van der Waals surface area contributed by atoms with Crippen LogP contribution in [0.2, 0.25) is 5.02 Å². The first-order chi connectivity index (χ1) is 9.31. The maximum absolute atomic E-state index is 13.5. The second-order valence-electron chi connectivity index (χ2n) is 4.71. The lowest BCUT2D eigenvalue weighted by atomic mass is 9.95. The molecule has 0 saturated heterocycles. The summed E-state index contributed by atoms with van der Waals surface area (Å²) in [4.78, 5) is 11.8. The summed E-state index contributed by atoms with van der Waals surface area (Å²) in [6.07, 6.45) is 0.898. The summed E-state index contributed by atoms with van der Waals surface area (Å²) in [7, 11) is 0. The molecule has 0 aliphatic carbocycles. The average Bonchev–Trinajstić information content (AvgIpc) is 2.34. The van der Waals surface area contributed by atoms with Crippen molar-refractivity contribution in [3.63, 3.8) is 0 Å². The molecule has 1 atom stereocenters. The highest BCUT2D eigenvalue weighted by molar-refractivity contribution is 6.30. The first-order valence-corrected chi connectivity index (χ1v) is 6.53. The largest absolute Gasteiger partial charge is 0.396 e. The normalized spacial score (nSPS) is 13.7. The summed E-state index contributed by atoms with van der Waals surface area (Å²) in [6, 6.07) is 1.07. The van der Waals surface area contributed by atoms with Gasteiger partial charge in [-0.15, -0.1) is 0 Å². The Kier molecular flexibility index (Phi) is 5.71. The second kappa shape index (κ2) is 6.85. The fraction of sp³-hybridized carbons (Fsp3) is 0.462. The van der Waals surface area contributed by atoms with Gasteiger partial charge in [-0.2, -0.15) is 0 Å². The first kappa shape index (κ1) is 16.7. The van der Waals surface area contributed by atoms with Crippen molar-refractivity contribution < 1.29 is 18.7 Å². The van der Waals surface area contributed by atoms with E-state index in [1.54, 1.807) is 6.92 Å². The zero-order valence-corrected chi connectivity index (χ0v) is 12.0. The van der Waals surface area contributed by atoms with Crippen molar-refractivity contribution in [3.05, 3.63) is 28.8 Å². The highest BCUT2D eigenvalue weighted by Crippen LogP contribution is 2.23. The van der Waals surface area contributed by atoms with E-state index in [1.807, 2.05) is 6.92 Å². The van der Waals surface area contributed by atoms with Crippen LogP contribution in [-0.4, -0.2) is 23.3 Å². The van der Waals surface area contributed by atoms with E-state index in [9.17, 15) is 13.6 Å².